The molecular formula is C26H34ClN3O6S2. The Morgan fingerprint density at radius 2 is 1.50 bits per heavy atom. The molecular weight excluding hydrogens is 550 g/mol. The van der Waals surface area contributed by atoms with E-state index in [0.717, 1.165) is 19.3 Å². The van der Waals surface area contributed by atoms with Gasteiger partial charge < -0.3 is 10.1 Å². The van der Waals surface area contributed by atoms with E-state index in [2.05, 4.69) is 5.32 Å². The standard InChI is InChI=1S/C26H34ClN3O6S2/c27-23-6-4-21(5-7-23)20-37(32,33)29-17-12-22(13-18-29)26(31)28-14-19-36-24-8-10-25(11-9-24)38(34,35)30-15-2-1-3-16-30/h4-11,22H,1-3,12-20H2,(H,28,31). The summed E-state index contributed by atoms with van der Waals surface area (Å²) in [5.74, 6) is 0.0578. The minimum absolute atomic E-state index is 0.0937. The lowest BCUT2D eigenvalue weighted by atomic mass is 9.97. The first-order valence-corrected chi connectivity index (χ1v) is 16.3. The van der Waals surface area contributed by atoms with Gasteiger partial charge in [0.2, 0.25) is 26.0 Å². The van der Waals surface area contributed by atoms with Crippen molar-refractivity contribution in [2.24, 2.45) is 5.92 Å². The molecule has 9 nitrogen and oxygen atoms in total. The minimum atomic E-state index is -3.48. The summed E-state index contributed by atoms with van der Waals surface area (Å²) in [7, 11) is -6.95. The number of benzene rings is 2. The number of halogens is 1. The summed E-state index contributed by atoms with van der Waals surface area (Å²) >= 11 is 5.87. The lowest BCUT2D eigenvalue weighted by molar-refractivity contribution is -0.126. The lowest BCUT2D eigenvalue weighted by Gasteiger charge is -2.30. The highest BCUT2D eigenvalue weighted by molar-refractivity contribution is 7.89. The van der Waals surface area contributed by atoms with Crippen LogP contribution in [0.4, 0.5) is 0 Å². The molecule has 2 aliphatic heterocycles. The third kappa shape index (κ3) is 7.47. The Hall–Kier alpha value is -2.18. The van der Waals surface area contributed by atoms with Crippen LogP contribution >= 0.6 is 11.6 Å². The number of hydrogen-bond donors (Lipinski definition) is 1. The van der Waals surface area contributed by atoms with Crippen LogP contribution in [-0.2, 0) is 30.6 Å². The summed E-state index contributed by atoms with van der Waals surface area (Å²) in [6.45, 7) is 2.24. The number of nitrogens with one attached hydrogen (secondary N) is 1. The van der Waals surface area contributed by atoms with Gasteiger partial charge in [-0.05, 0) is 67.6 Å². The number of piperidine rings is 2. The summed E-state index contributed by atoms with van der Waals surface area (Å²) in [6, 6.07) is 13.1. The molecule has 0 radical (unpaired) electrons. The van der Waals surface area contributed by atoms with Crippen molar-refractivity contribution < 1.29 is 26.4 Å². The first-order chi connectivity index (χ1) is 18.1. The third-order valence-electron chi connectivity index (χ3n) is 6.93. The summed E-state index contributed by atoms with van der Waals surface area (Å²) in [5, 5.41) is 3.41. The Balaban J connectivity index is 1.17. The molecule has 0 aromatic heterocycles. The number of sulfonamides is 2. The average molecular weight is 584 g/mol. The normalized spacial score (nSPS) is 18.2. The summed E-state index contributed by atoms with van der Waals surface area (Å²) < 4.78 is 59.7. The van der Waals surface area contributed by atoms with Crippen LogP contribution in [0.2, 0.25) is 5.02 Å². The van der Waals surface area contributed by atoms with E-state index < -0.39 is 20.0 Å². The van der Waals surface area contributed by atoms with E-state index in [-0.39, 0.29) is 29.1 Å². The van der Waals surface area contributed by atoms with E-state index in [4.69, 9.17) is 16.3 Å². The molecule has 2 saturated heterocycles. The van der Waals surface area contributed by atoms with Crippen LogP contribution < -0.4 is 10.1 Å². The van der Waals surface area contributed by atoms with E-state index in [1.54, 1.807) is 48.5 Å². The average Bonchev–Trinajstić information content (AvgIpc) is 2.93. The second-order valence-corrected chi connectivity index (χ2v) is 14.0. The molecule has 2 aliphatic rings. The van der Waals surface area contributed by atoms with Crippen LogP contribution in [0.3, 0.4) is 0 Å². The number of carbonyl (C=O) groups is 1. The summed E-state index contributed by atoms with van der Waals surface area (Å²) in [5.41, 5.74) is 0.674. The number of ether oxygens (including phenoxy) is 1. The molecule has 1 amide bonds. The quantitative estimate of drug-likeness (QED) is 0.430. The van der Waals surface area contributed by atoms with Crippen molar-refractivity contribution in [3.63, 3.8) is 0 Å². The van der Waals surface area contributed by atoms with Crippen molar-refractivity contribution in [2.75, 3.05) is 39.3 Å². The van der Waals surface area contributed by atoms with Gasteiger partial charge in [-0.3, -0.25) is 4.79 Å². The van der Waals surface area contributed by atoms with Crippen molar-refractivity contribution in [3.8, 4) is 5.75 Å². The molecule has 2 fully saturated rings. The van der Waals surface area contributed by atoms with Gasteiger partial charge in [0.1, 0.15) is 12.4 Å². The molecule has 0 aliphatic carbocycles. The molecule has 0 unspecified atom stereocenters. The van der Waals surface area contributed by atoms with Crippen molar-refractivity contribution in [1.82, 2.24) is 13.9 Å². The maximum atomic E-state index is 12.8. The van der Waals surface area contributed by atoms with Gasteiger partial charge in [0.05, 0.1) is 17.2 Å². The zero-order chi connectivity index (χ0) is 27.2. The number of carbonyl (C=O) groups excluding carboxylic acids is 1. The highest BCUT2D eigenvalue weighted by atomic mass is 35.5. The first-order valence-electron chi connectivity index (χ1n) is 12.9. The van der Waals surface area contributed by atoms with Gasteiger partial charge in [0.15, 0.2) is 0 Å². The first kappa shape index (κ1) is 28.8. The molecule has 2 heterocycles. The molecule has 2 aromatic rings. The smallest absolute Gasteiger partial charge is 0.243 e. The molecule has 2 aromatic carbocycles. The maximum absolute atomic E-state index is 12.8. The van der Waals surface area contributed by atoms with Gasteiger partial charge in [0.25, 0.3) is 0 Å². The SMILES string of the molecule is O=C(NCCOc1ccc(S(=O)(=O)N2CCCCC2)cc1)C1CCN(S(=O)(=O)Cc2ccc(Cl)cc2)CC1. The summed E-state index contributed by atoms with van der Waals surface area (Å²) in [4.78, 5) is 12.8. The molecule has 0 bridgehead atoms. The lowest BCUT2D eigenvalue weighted by Crippen LogP contribution is -2.43. The Kier molecular flexibility index (Phi) is 9.69. The Bertz CT molecular complexity index is 1290. The molecule has 12 heteroatoms. The highest BCUT2D eigenvalue weighted by Gasteiger charge is 2.31. The topological polar surface area (TPSA) is 113 Å². The zero-order valence-electron chi connectivity index (χ0n) is 21.2. The minimum Gasteiger partial charge on any atom is -0.492 e. The Labute approximate surface area is 230 Å². The second-order valence-electron chi connectivity index (χ2n) is 9.63. The molecule has 208 valence electrons. The zero-order valence-corrected chi connectivity index (χ0v) is 23.6. The van der Waals surface area contributed by atoms with Gasteiger partial charge in [-0.25, -0.2) is 21.1 Å². The van der Waals surface area contributed by atoms with E-state index in [0.29, 0.717) is 61.9 Å². The van der Waals surface area contributed by atoms with Crippen molar-refractivity contribution in [3.05, 3.63) is 59.1 Å². The van der Waals surface area contributed by atoms with Crippen molar-refractivity contribution in [2.45, 2.75) is 42.8 Å². The van der Waals surface area contributed by atoms with E-state index in [1.807, 2.05) is 0 Å². The fourth-order valence-corrected chi connectivity index (χ4v) is 7.93. The van der Waals surface area contributed by atoms with Crippen LogP contribution in [0.5, 0.6) is 5.75 Å². The molecule has 38 heavy (non-hydrogen) atoms. The number of nitrogens with zero attached hydrogens (tertiary/aromatic N) is 2. The van der Waals surface area contributed by atoms with Crippen LogP contribution in [-0.4, -0.2) is 70.7 Å². The van der Waals surface area contributed by atoms with Crippen LogP contribution in [0, 0.1) is 5.92 Å². The molecule has 1 N–H and O–H groups in total. The third-order valence-corrected chi connectivity index (χ3v) is 10.9. The van der Waals surface area contributed by atoms with Crippen LogP contribution in [0.15, 0.2) is 53.4 Å². The monoisotopic (exact) mass is 583 g/mol. The molecule has 4 rings (SSSR count). The van der Waals surface area contributed by atoms with Gasteiger partial charge in [-0.15, -0.1) is 0 Å². The predicted octanol–water partition coefficient (Wildman–Crippen LogP) is 3.25. The largest absolute Gasteiger partial charge is 0.492 e. The van der Waals surface area contributed by atoms with Gasteiger partial charge >= 0.3 is 0 Å². The van der Waals surface area contributed by atoms with E-state index in [9.17, 15) is 21.6 Å². The van der Waals surface area contributed by atoms with Gasteiger partial charge in [-0.2, -0.15) is 4.31 Å². The Morgan fingerprint density at radius 3 is 2.13 bits per heavy atom. The number of amides is 1. The number of rotatable bonds is 10. The highest BCUT2D eigenvalue weighted by Crippen LogP contribution is 2.24. The van der Waals surface area contributed by atoms with Gasteiger partial charge in [0, 0.05) is 37.1 Å². The van der Waals surface area contributed by atoms with Gasteiger partial charge in [-0.1, -0.05) is 30.2 Å². The fourth-order valence-electron chi connectivity index (χ4n) is 4.73. The number of hydrogen-bond acceptors (Lipinski definition) is 6. The Morgan fingerprint density at radius 1 is 0.868 bits per heavy atom. The van der Waals surface area contributed by atoms with Crippen LogP contribution in [0.25, 0.3) is 0 Å². The van der Waals surface area contributed by atoms with Crippen molar-refractivity contribution in [1.29, 1.82) is 0 Å². The second kappa shape index (κ2) is 12.8. The molecule has 0 spiro atoms. The molecule has 0 atom stereocenters. The van der Waals surface area contributed by atoms with E-state index >= 15 is 0 Å². The van der Waals surface area contributed by atoms with E-state index in [1.165, 1.54) is 8.61 Å². The predicted molar refractivity (Wildman–Crippen MR) is 146 cm³/mol. The van der Waals surface area contributed by atoms with Crippen molar-refractivity contribution >= 4 is 37.6 Å². The molecule has 0 saturated carbocycles. The fraction of sp³-hybridized carbons (Fsp3) is 0.500. The maximum Gasteiger partial charge on any atom is 0.243 e. The summed E-state index contributed by atoms with van der Waals surface area (Å²) in [6.07, 6.45) is 3.74. The van der Waals surface area contributed by atoms with Crippen LogP contribution in [0.1, 0.15) is 37.7 Å².